The van der Waals surface area contributed by atoms with Crippen molar-refractivity contribution in [3.8, 4) is 0 Å². The van der Waals surface area contributed by atoms with Gasteiger partial charge < -0.3 is 0 Å². The normalized spacial score (nSPS) is 21.6. The lowest BCUT2D eigenvalue weighted by Crippen LogP contribution is -2.11. The highest BCUT2D eigenvalue weighted by atomic mass is 35.5. The fraction of sp³-hybridized carbons (Fsp3) is 0.500. The maximum Gasteiger partial charge on any atom is 0.144 e. The fourth-order valence-corrected chi connectivity index (χ4v) is 4.69. The van der Waals surface area contributed by atoms with Crippen molar-refractivity contribution in [1.29, 1.82) is 0 Å². The van der Waals surface area contributed by atoms with Crippen molar-refractivity contribution < 1.29 is 4.39 Å². The molecular formula is C26H33ClFN. The van der Waals surface area contributed by atoms with Gasteiger partial charge in [-0.2, -0.15) is 0 Å². The Hall–Kier alpha value is -1.67. The maximum atomic E-state index is 14.9. The zero-order chi connectivity index (χ0) is 21.3. The van der Waals surface area contributed by atoms with E-state index in [1.807, 2.05) is 38.1 Å². The van der Waals surface area contributed by atoms with Gasteiger partial charge >= 0.3 is 0 Å². The minimum absolute atomic E-state index is 0.131. The second-order valence-corrected chi connectivity index (χ2v) is 9.71. The van der Waals surface area contributed by atoms with E-state index in [1.54, 1.807) is 0 Å². The van der Waals surface area contributed by atoms with E-state index >= 15 is 0 Å². The van der Waals surface area contributed by atoms with Gasteiger partial charge in [-0.15, -0.1) is 0 Å². The highest BCUT2D eigenvalue weighted by molar-refractivity contribution is 6.31. The first kappa shape index (κ1) is 22.0. The van der Waals surface area contributed by atoms with Gasteiger partial charge in [0.2, 0.25) is 0 Å². The van der Waals surface area contributed by atoms with Gasteiger partial charge in [0.15, 0.2) is 0 Å². The summed E-state index contributed by atoms with van der Waals surface area (Å²) in [5.41, 5.74) is 4.48. The van der Waals surface area contributed by atoms with E-state index in [-0.39, 0.29) is 11.8 Å². The molecule has 0 bridgehead atoms. The summed E-state index contributed by atoms with van der Waals surface area (Å²) in [5.74, 6) is 1.42. The zero-order valence-electron chi connectivity index (χ0n) is 18.1. The van der Waals surface area contributed by atoms with Crippen LogP contribution < -0.4 is 0 Å². The summed E-state index contributed by atoms with van der Waals surface area (Å²) in [6, 6.07) is 7.51. The van der Waals surface area contributed by atoms with Crippen LogP contribution in [0, 0.1) is 23.7 Å². The fourth-order valence-electron chi connectivity index (χ4n) is 4.51. The molecular weight excluding hydrogens is 381 g/mol. The molecule has 3 rings (SSSR count). The molecule has 1 nitrogen and oxygen atoms in total. The number of hydrogen-bond donors (Lipinski definition) is 0. The van der Waals surface area contributed by atoms with E-state index in [1.165, 1.54) is 18.4 Å². The predicted molar refractivity (Wildman–Crippen MR) is 124 cm³/mol. The lowest BCUT2D eigenvalue weighted by Gasteiger charge is -2.24. The Bertz CT molecular complexity index is 914. The lowest BCUT2D eigenvalue weighted by atomic mass is 9.81. The standard InChI is InChI=1S/C26H33ClFN/c1-15(2)19-8-7-9-21(17(5)12-19)18(6)22-14-25(26(28)16(3)4)29-24-11-10-20(27)13-23(22)24/h10-11,13-16,19,21,26H,5-9,12H2,1-4H3/t19-,21?,26?/m1/s1. The number of nitrogens with zero attached hydrogens (tertiary/aromatic N) is 1. The Balaban J connectivity index is 2.06. The van der Waals surface area contributed by atoms with Gasteiger partial charge in [0, 0.05) is 16.3 Å². The summed E-state index contributed by atoms with van der Waals surface area (Å²) in [4.78, 5) is 4.60. The molecule has 2 aromatic rings. The van der Waals surface area contributed by atoms with Gasteiger partial charge in [0.25, 0.3) is 0 Å². The number of rotatable bonds is 5. The maximum absolute atomic E-state index is 14.9. The Morgan fingerprint density at radius 1 is 1.17 bits per heavy atom. The molecule has 0 amide bonds. The summed E-state index contributed by atoms with van der Waals surface area (Å²) < 4.78 is 14.9. The van der Waals surface area contributed by atoms with Crippen molar-refractivity contribution >= 4 is 28.1 Å². The highest BCUT2D eigenvalue weighted by Crippen LogP contribution is 2.42. The first-order valence-corrected chi connectivity index (χ1v) is 11.2. The highest BCUT2D eigenvalue weighted by Gasteiger charge is 2.27. The van der Waals surface area contributed by atoms with Crippen molar-refractivity contribution in [3.05, 3.63) is 59.3 Å². The molecule has 156 valence electrons. The quantitative estimate of drug-likeness (QED) is 0.353. The molecule has 0 aliphatic heterocycles. The first-order valence-electron chi connectivity index (χ1n) is 10.8. The predicted octanol–water partition coefficient (Wildman–Crippen LogP) is 8.59. The third kappa shape index (κ3) is 4.74. The van der Waals surface area contributed by atoms with Crippen molar-refractivity contribution in [2.24, 2.45) is 23.7 Å². The molecule has 1 aliphatic carbocycles. The Morgan fingerprint density at radius 2 is 1.90 bits per heavy atom. The first-order chi connectivity index (χ1) is 13.7. The van der Waals surface area contributed by atoms with Crippen molar-refractivity contribution in [2.75, 3.05) is 0 Å². The third-order valence-electron chi connectivity index (χ3n) is 6.45. The van der Waals surface area contributed by atoms with Crippen LogP contribution in [-0.4, -0.2) is 4.98 Å². The van der Waals surface area contributed by atoms with E-state index in [0.717, 1.165) is 34.9 Å². The Kier molecular flexibility index (Phi) is 6.83. The average Bonchev–Trinajstić information content (AvgIpc) is 2.87. The summed E-state index contributed by atoms with van der Waals surface area (Å²) >= 11 is 6.29. The van der Waals surface area contributed by atoms with E-state index < -0.39 is 6.17 Å². The Morgan fingerprint density at radius 3 is 2.55 bits per heavy atom. The minimum atomic E-state index is -1.11. The molecule has 0 N–H and O–H groups in total. The van der Waals surface area contributed by atoms with Crippen LogP contribution in [0.2, 0.25) is 5.02 Å². The minimum Gasteiger partial charge on any atom is -0.250 e. The number of benzene rings is 1. The SMILES string of the molecule is C=C1C[C@H](C(C)C)CCCC1C(=C)c1cc(C(F)C(C)C)nc2ccc(Cl)cc12. The van der Waals surface area contributed by atoms with Gasteiger partial charge in [-0.05, 0) is 72.4 Å². The molecule has 0 radical (unpaired) electrons. The van der Waals surface area contributed by atoms with E-state index in [2.05, 4.69) is 32.0 Å². The molecule has 1 aliphatic rings. The molecule has 0 spiro atoms. The van der Waals surface area contributed by atoms with Crippen LogP contribution in [0.4, 0.5) is 4.39 Å². The second-order valence-electron chi connectivity index (χ2n) is 9.28. The second kappa shape index (κ2) is 9.00. The molecule has 3 atom stereocenters. The van der Waals surface area contributed by atoms with Crippen molar-refractivity contribution in [1.82, 2.24) is 4.98 Å². The van der Waals surface area contributed by atoms with E-state index in [9.17, 15) is 4.39 Å². The molecule has 2 unspecified atom stereocenters. The average molecular weight is 414 g/mol. The summed E-state index contributed by atoms with van der Waals surface area (Å²) in [6.07, 6.45) is 3.37. The Labute approximate surface area is 180 Å². The van der Waals surface area contributed by atoms with Crippen molar-refractivity contribution in [3.63, 3.8) is 0 Å². The third-order valence-corrected chi connectivity index (χ3v) is 6.69. The van der Waals surface area contributed by atoms with Crippen LogP contribution in [0.1, 0.15) is 70.8 Å². The molecule has 1 heterocycles. The van der Waals surface area contributed by atoms with Crippen LogP contribution in [0.25, 0.3) is 16.5 Å². The van der Waals surface area contributed by atoms with Gasteiger partial charge in [-0.3, -0.25) is 0 Å². The van der Waals surface area contributed by atoms with Crippen LogP contribution in [0.15, 0.2) is 43.0 Å². The number of pyridine rings is 1. The van der Waals surface area contributed by atoms with Crippen LogP contribution >= 0.6 is 11.6 Å². The summed E-state index contributed by atoms with van der Waals surface area (Å²) in [5, 5.41) is 1.60. The molecule has 1 fully saturated rings. The van der Waals surface area contributed by atoms with Gasteiger partial charge in [0.05, 0.1) is 11.2 Å². The van der Waals surface area contributed by atoms with Crippen molar-refractivity contribution in [2.45, 2.75) is 59.5 Å². The molecule has 1 aromatic carbocycles. The number of alkyl halides is 1. The van der Waals surface area contributed by atoms with Crippen LogP contribution in [0.3, 0.4) is 0 Å². The summed E-state index contributed by atoms with van der Waals surface area (Å²) in [7, 11) is 0. The number of fused-ring (bicyclic) bond motifs is 1. The molecule has 29 heavy (non-hydrogen) atoms. The van der Waals surface area contributed by atoms with E-state index in [4.69, 9.17) is 11.6 Å². The largest absolute Gasteiger partial charge is 0.250 e. The number of hydrogen-bond acceptors (Lipinski definition) is 1. The zero-order valence-corrected chi connectivity index (χ0v) is 18.9. The van der Waals surface area contributed by atoms with Crippen LogP contribution in [-0.2, 0) is 0 Å². The summed E-state index contributed by atoms with van der Waals surface area (Å²) in [6.45, 7) is 17.3. The monoisotopic (exact) mass is 413 g/mol. The molecule has 1 aromatic heterocycles. The topological polar surface area (TPSA) is 12.9 Å². The number of halogens is 2. The van der Waals surface area contributed by atoms with Crippen LogP contribution in [0.5, 0.6) is 0 Å². The number of aromatic nitrogens is 1. The van der Waals surface area contributed by atoms with Gasteiger partial charge in [-0.1, -0.05) is 64.4 Å². The van der Waals surface area contributed by atoms with Gasteiger partial charge in [0.1, 0.15) is 6.17 Å². The lowest BCUT2D eigenvalue weighted by molar-refractivity contribution is 0.256. The number of allylic oxidation sites excluding steroid dienone is 2. The van der Waals surface area contributed by atoms with E-state index in [0.29, 0.717) is 22.6 Å². The molecule has 3 heteroatoms. The van der Waals surface area contributed by atoms with Gasteiger partial charge in [-0.25, -0.2) is 9.37 Å². The molecule has 0 saturated heterocycles. The smallest absolute Gasteiger partial charge is 0.144 e. The molecule has 1 saturated carbocycles.